The van der Waals surface area contributed by atoms with Crippen molar-refractivity contribution in [1.82, 2.24) is 5.32 Å². The second kappa shape index (κ2) is 3.84. The van der Waals surface area contributed by atoms with Crippen LogP contribution in [-0.4, -0.2) is 7.05 Å². The van der Waals surface area contributed by atoms with E-state index in [0.717, 1.165) is 10.6 Å². The highest BCUT2D eigenvalue weighted by Gasteiger charge is 2.29. The van der Waals surface area contributed by atoms with Gasteiger partial charge in [-0.2, -0.15) is 0 Å². The van der Waals surface area contributed by atoms with Crippen molar-refractivity contribution in [3.8, 4) is 0 Å². The molecular formula is C10H14BrNO. The minimum absolute atomic E-state index is 0.460. The van der Waals surface area contributed by atoms with Crippen molar-refractivity contribution in [3.63, 3.8) is 0 Å². The molecule has 0 radical (unpaired) electrons. The topological polar surface area (TPSA) is 25.2 Å². The van der Waals surface area contributed by atoms with Gasteiger partial charge < -0.3 is 9.73 Å². The van der Waals surface area contributed by atoms with E-state index in [-0.39, 0.29) is 0 Å². The minimum Gasteiger partial charge on any atom is -0.457 e. The van der Waals surface area contributed by atoms with Crippen LogP contribution in [0.3, 0.4) is 0 Å². The summed E-state index contributed by atoms with van der Waals surface area (Å²) in [5, 5.41) is 3.36. The number of hydrogen-bond donors (Lipinski definition) is 1. The van der Waals surface area contributed by atoms with Crippen molar-refractivity contribution in [2.24, 2.45) is 5.92 Å². The lowest BCUT2D eigenvalue weighted by molar-refractivity contribution is 0.237. The van der Waals surface area contributed by atoms with Gasteiger partial charge in [0.15, 0.2) is 4.67 Å². The van der Waals surface area contributed by atoms with Gasteiger partial charge in [-0.3, -0.25) is 0 Å². The lowest BCUT2D eigenvalue weighted by Crippen LogP contribution is -2.29. The van der Waals surface area contributed by atoms with Crippen LogP contribution >= 0.6 is 15.9 Å². The fourth-order valence-corrected chi connectivity index (χ4v) is 2.43. The summed E-state index contributed by atoms with van der Waals surface area (Å²) in [5.41, 5.74) is 1.26. The van der Waals surface area contributed by atoms with E-state index in [1.54, 1.807) is 6.26 Å². The number of rotatable bonds is 3. The van der Waals surface area contributed by atoms with Crippen molar-refractivity contribution < 1.29 is 4.42 Å². The van der Waals surface area contributed by atoms with Crippen LogP contribution in [0.1, 0.15) is 30.9 Å². The zero-order valence-electron chi connectivity index (χ0n) is 7.72. The molecule has 0 aliphatic heterocycles. The predicted octanol–water partition coefficient (Wildman–Crippen LogP) is 3.10. The van der Waals surface area contributed by atoms with Crippen LogP contribution < -0.4 is 5.32 Å². The Kier molecular flexibility index (Phi) is 2.74. The molecule has 1 aromatic rings. The maximum Gasteiger partial charge on any atom is 0.173 e. The predicted molar refractivity (Wildman–Crippen MR) is 55.5 cm³/mol. The molecule has 2 nitrogen and oxygen atoms in total. The van der Waals surface area contributed by atoms with Gasteiger partial charge in [0.1, 0.15) is 0 Å². The molecule has 0 amide bonds. The van der Waals surface area contributed by atoms with Crippen molar-refractivity contribution >= 4 is 15.9 Å². The number of furan rings is 1. The third-order valence-electron chi connectivity index (χ3n) is 2.91. The molecule has 72 valence electrons. The highest BCUT2D eigenvalue weighted by atomic mass is 79.9. The zero-order chi connectivity index (χ0) is 9.26. The lowest BCUT2D eigenvalue weighted by atomic mass is 9.78. The first-order valence-corrected chi connectivity index (χ1v) is 5.52. The summed E-state index contributed by atoms with van der Waals surface area (Å²) in [6, 6.07) is 2.51. The monoisotopic (exact) mass is 243 g/mol. The van der Waals surface area contributed by atoms with E-state index in [0.29, 0.717) is 6.04 Å². The summed E-state index contributed by atoms with van der Waals surface area (Å²) in [6.07, 6.45) is 5.78. The Morgan fingerprint density at radius 1 is 1.62 bits per heavy atom. The molecule has 1 fully saturated rings. The van der Waals surface area contributed by atoms with E-state index in [4.69, 9.17) is 4.42 Å². The molecule has 1 aliphatic rings. The Morgan fingerprint density at radius 2 is 2.38 bits per heavy atom. The van der Waals surface area contributed by atoms with Gasteiger partial charge in [0.25, 0.3) is 0 Å². The van der Waals surface area contributed by atoms with Gasteiger partial charge in [-0.05, 0) is 47.8 Å². The van der Waals surface area contributed by atoms with Crippen LogP contribution in [0.4, 0.5) is 0 Å². The molecule has 1 unspecified atom stereocenters. The molecular weight excluding hydrogens is 230 g/mol. The Hall–Kier alpha value is -0.280. The van der Waals surface area contributed by atoms with Gasteiger partial charge >= 0.3 is 0 Å². The molecule has 0 bridgehead atoms. The summed E-state index contributed by atoms with van der Waals surface area (Å²) in [4.78, 5) is 0. The average molecular weight is 244 g/mol. The third kappa shape index (κ3) is 1.67. The van der Waals surface area contributed by atoms with Crippen molar-refractivity contribution in [2.45, 2.75) is 25.3 Å². The van der Waals surface area contributed by atoms with Crippen molar-refractivity contribution in [3.05, 3.63) is 22.6 Å². The van der Waals surface area contributed by atoms with Gasteiger partial charge in [0.2, 0.25) is 0 Å². The lowest BCUT2D eigenvalue weighted by Gasteiger charge is -2.33. The Morgan fingerprint density at radius 3 is 2.77 bits per heavy atom. The summed E-state index contributed by atoms with van der Waals surface area (Å²) in [6.45, 7) is 0. The molecule has 0 spiro atoms. The van der Waals surface area contributed by atoms with Crippen molar-refractivity contribution in [2.75, 3.05) is 7.05 Å². The molecule has 1 saturated carbocycles. The number of halogens is 1. The maximum atomic E-state index is 5.24. The summed E-state index contributed by atoms with van der Waals surface area (Å²) in [7, 11) is 2.02. The summed E-state index contributed by atoms with van der Waals surface area (Å²) in [5.74, 6) is 0.791. The molecule has 1 aromatic heterocycles. The fraction of sp³-hybridized carbons (Fsp3) is 0.600. The second-order valence-electron chi connectivity index (χ2n) is 3.61. The molecule has 1 N–H and O–H groups in total. The van der Waals surface area contributed by atoms with Crippen LogP contribution in [0.15, 0.2) is 21.4 Å². The first-order chi connectivity index (χ1) is 6.33. The molecule has 0 aromatic carbocycles. The Bertz CT molecular complexity index is 280. The highest BCUT2D eigenvalue weighted by Crippen LogP contribution is 2.39. The van der Waals surface area contributed by atoms with Crippen LogP contribution in [0.25, 0.3) is 0 Å². The molecule has 2 rings (SSSR count). The first kappa shape index (κ1) is 9.28. The maximum absolute atomic E-state index is 5.24. The van der Waals surface area contributed by atoms with E-state index in [2.05, 4.69) is 21.2 Å². The normalized spacial score (nSPS) is 19.8. The van der Waals surface area contributed by atoms with Crippen LogP contribution in [0, 0.1) is 5.92 Å². The van der Waals surface area contributed by atoms with Gasteiger partial charge in [-0.1, -0.05) is 6.42 Å². The highest BCUT2D eigenvalue weighted by molar-refractivity contribution is 9.10. The zero-order valence-corrected chi connectivity index (χ0v) is 9.30. The molecule has 1 heterocycles. The summed E-state index contributed by atoms with van der Waals surface area (Å²) >= 11 is 3.42. The van der Waals surface area contributed by atoms with Gasteiger partial charge in [-0.15, -0.1) is 0 Å². The Labute approximate surface area is 86.8 Å². The molecule has 1 atom stereocenters. The van der Waals surface area contributed by atoms with Gasteiger partial charge in [-0.25, -0.2) is 0 Å². The van der Waals surface area contributed by atoms with Gasteiger partial charge in [0.05, 0.1) is 6.26 Å². The van der Waals surface area contributed by atoms with E-state index >= 15 is 0 Å². The van der Waals surface area contributed by atoms with Crippen LogP contribution in [-0.2, 0) is 0 Å². The number of nitrogens with one attached hydrogen (secondary N) is 1. The van der Waals surface area contributed by atoms with Crippen LogP contribution in [0.5, 0.6) is 0 Å². The second-order valence-corrected chi connectivity index (χ2v) is 4.33. The molecule has 3 heteroatoms. The molecule has 13 heavy (non-hydrogen) atoms. The van der Waals surface area contributed by atoms with Crippen molar-refractivity contribution in [1.29, 1.82) is 0 Å². The smallest absolute Gasteiger partial charge is 0.173 e. The third-order valence-corrected chi connectivity index (χ3v) is 3.56. The Balaban J connectivity index is 2.16. The fourth-order valence-electron chi connectivity index (χ4n) is 1.94. The quantitative estimate of drug-likeness (QED) is 0.883. The summed E-state index contributed by atoms with van der Waals surface area (Å²) < 4.78 is 6.12. The first-order valence-electron chi connectivity index (χ1n) is 4.73. The standard InChI is InChI=1S/C10H14BrNO/c1-12-9(7-3-2-4-7)8-5-6-13-10(8)11/h5-7,9,12H,2-4H2,1H3. The average Bonchev–Trinajstić information content (AvgIpc) is 2.43. The van der Waals surface area contributed by atoms with E-state index in [1.165, 1.54) is 24.8 Å². The van der Waals surface area contributed by atoms with Crippen LogP contribution in [0.2, 0.25) is 0 Å². The van der Waals surface area contributed by atoms with Gasteiger partial charge in [0, 0.05) is 11.6 Å². The van der Waals surface area contributed by atoms with E-state index in [9.17, 15) is 0 Å². The largest absolute Gasteiger partial charge is 0.457 e. The number of hydrogen-bond acceptors (Lipinski definition) is 2. The van der Waals surface area contributed by atoms with E-state index in [1.807, 2.05) is 13.1 Å². The SMILES string of the molecule is CNC(c1ccoc1Br)C1CCC1. The van der Waals surface area contributed by atoms with E-state index < -0.39 is 0 Å². The minimum atomic E-state index is 0.460. The molecule has 0 saturated heterocycles. The molecule has 1 aliphatic carbocycles.